The first-order valence-corrected chi connectivity index (χ1v) is 14.2. The van der Waals surface area contributed by atoms with E-state index in [9.17, 15) is 26.8 Å². The lowest BCUT2D eigenvalue weighted by Gasteiger charge is -2.29. The molecule has 2 aromatic carbocycles. The molecule has 0 spiro atoms. The minimum atomic E-state index is -3.46. The second-order valence-electron chi connectivity index (χ2n) is 10.4. The fraction of sp³-hybridized carbons (Fsp3) is 0.462. The summed E-state index contributed by atoms with van der Waals surface area (Å²) in [4.78, 5) is 28.6. The number of piperidine rings is 1. The zero-order valence-corrected chi connectivity index (χ0v) is 20.9. The van der Waals surface area contributed by atoms with E-state index in [2.05, 4.69) is 5.32 Å². The molecule has 2 aromatic rings. The predicted octanol–water partition coefficient (Wildman–Crippen LogP) is 4.42. The first-order chi connectivity index (χ1) is 17.1. The average Bonchev–Trinajstić information content (AvgIpc) is 3.72. The Hall–Kier alpha value is -2.52. The van der Waals surface area contributed by atoms with Gasteiger partial charge in [0.1, 0.15) is 17.7 Å². The maximum atomic E-state index is 14.7. The van der Waals surface area contributed by atoms with Crippen LogP contribution in [0.15, 0.2) is 41.3 Å². The summed E-state index contributed by atoms with van der Waals surface area (Å²) in [6.07, 6.45) is 4.07. The molecule has 2 amide bonds. The summed E-state index contributed by atoms with van der Waals surface area (Å²) in [5.41, 5.74) is 0.276. The van der Waals surface area contributed by atoms with Crippen molar-refractivity contribution in [3.8, 4) is 0 Å². The molecule has 0 aromatic heterocycles. The van der Waals surface area contributed by atoms with Crippen molar-refractivity contribution in [2.75, 3.05) is 0 Å². The summed E-state index contributed by atoms with van der Waals surface area (Å²) in [6, 6.07) is 6.41. The molecular weight excluding hydrogens is 510 g/mol. The van der Waals surface area contributed by atoms with Crippen LogP contribution in [0.25, 0.3) is 0 Å². The van der Waals surface area contributed by atoms with Crippen molar-refractivity contribution in [3.63, 3.8) is 0 Å². The van der Waals surface area contributed by atoms with Gasteiger partial charge in [0.2, 0.25) is 5.91 Å². The van der Waals surface area contributed by atoms with E-state index in [0.717, 1.165) is 31.4 Å². The molecule has 1 saturated heterocycles. The molecule has 4 aliphatic rings. The quantitative estimate of drug-likeness (QED) is 0.533. The molecule has 6 nitrogen and oxygen atoms in total. The van der Waals surface area contributed by atoms with Crippen LogP contribution in [0.1, 0.15) is 60.5 Å². The molecule has 1 N–H and O–H groups in total. The standard InChI is InChI=1S/C26H25ClF2N2O4S/c27-19-12-20(28)18(11-21(19)29)24(13-4-5-13)30-25(32)23-10-15-9-22(15)31(23)26(33)14-2-1-3-17(8-14)36(34,35)16-6-7-16/h1-3,8,11-13,15-16,22-24H,4-7,9-10H2,(H,30,32)/t15-,22-,23-,24-/m1/s1. The molecule has 4 fully saturated rings. The summed E-state index contributed by atoms with van der Waals surface area (Å²) < 4.78 is 54.1. The lowest BCUT2D eigenvalue weighted by molar-refractivity contribution is -0.126. The van der Waals surface area contributed by atoms with Crippen LogP contribution in [-0.2, 0) is 14.6 Å². The van der Waals surface area contributed by atoms with Crippen LogP contribution in [-0.4, -0.2) is 42.5 Å². The maximum Gasteiger partial charge on any atom is 0.254 e. The molecule has 36 heavy (non-hydrogen) atoms. The van der Waals surface area contributed by atoms with E-state index in [-0.39, 0.29) is 44.8 Å². The molecule has 0 bridgehead atoms. The number of halogens is 3. The smallest absolute Gasteiger partial charge is 0.254 e. The van der Waals surface area contributed by atoms with Gasteiger partial charge in [-0.15, -0.1) is 0 Å². The van der Waals surface area contributed by atoms with Crippen molar-refractivity contribution in [3.05, 3.63) is 64.2 Å². The SMILES string of the molecule is O=C(N[C@@H](c1cc(F)c(Cl)cc1F)C1CC1)[C@H]1C[C@H]2C[C@H]2N1C(=O)c1cccc(S(=O)(=O)C2CC2)c1. The number of hydrogen-bond acceptors (Lipinski definition) is 4. The highest BCUT2D eigenvalue weighted by Gasteiger charge is 2.56. The Bertz CT molecular complexity index is 1380. The Morgan fingerprint density at radius 3 is 2.47 bits per heavy atom. The van der Waals surface area contributed by atoms with Gasteiger partial charge in [0, 0.05) is 17.2 Å². The van der Waals surface area contributed by atoms with Gasteiger partial charge in [-0.3, -0.25) is 9.59 Å². The van der Waals surface area contributed by atoms with Gasteiger partial charge in [-0.25, -0.2) is 17.2 Å². The number of carbonyl (C=O) groups is 2. The highest BCUT2D eigenvalue weighted by molar-refractivity contribution is 7.92. The van der Waals surface area contributed by atoms with Gasteiger partial charge in [0.25, 0.3) is 5.91 Å². The van der Waals surface area contributed by atoms with E-state index in [1.807, 2.05) is 0 Å². The highest BCUT2D eigenvalue weighted by atomic mass is 35.5. The number of sulfone groups is 1. The minimum absolute atomic E-state index is 0.0200. The number of nitrogens with one attached hydrogen (secondary N) is 1. The summed E-state index contributed by atoms with van der Waals surface area (Å²) in [6.45, 7) is 0. The summed E-state index contributed by atoms with van der Waals surface area (Å²) in [7, 11) is -3.46. The Morgan fingerprint density at radius 1 is 1.03 bits per heavy atom. The van der Waals surface area contributed by atoms with Crippen molar-refractivity contribution >= 4 is 33.3 Å². The van der Waals surface area contributed by atoms with E-state index in [1.54, 1.807) is 17.0 Å². The molecule has 4 atom stereocenters. The van der Waals surface area contributed by atoms with Crippen LogP contribution in [0.2, 0.25) is 5.02 Å². The second kappa shape index (κ2) is 8.52. The fourth-order valence-electron chi connectivity index (χ4n) is 5.41. The maximum absolute atomic E-state index is 14.7. The van der Waals surface area contributed by atoms with Crippen molar-refractivity contribution in [1.82, 2.24) is 10.2 Å². The molecule has 6 rings (SSSR count). The van der Waals surface area contributed by atoms with Crippen LogP contribution in [0.4, 0.5) is 8.78 Å². The van der Waals surface area contributed by atoms with Gasteiger partial charge >= 0.3 is 0 Å². The second-order valence-corrected chi connectivity index (χ2v) is 13.0. The van der Waals surface area contributed by atoms with Gasteiger partial charge < -0.3 is 10.2 Å². The number of likely N-dealkylation sites (tertiary alicyclic amines) is 1. The van der Waals surface area contributed by atoms with Gasteiger partial charge in [-0.05, 0) is 80.7 Å². The molecule has 0 unspecified atom stereocenters. The highest BCUT2D eigenvalue weighted by Crippen LogP contribution is 2.49. The third kappa shape index (κ3) is 4.20. The topological polar surface area (TPSA) is 83.6 Å². The predicted molar refractivity (Wildman–Crippen MR) is 128 cm³/mol. The molecule has 3 saturated carbocycles. The summed E-state index contributed by atoms with van der Waals surface area (Å²) in [5.74, 6) is -2.06. The Morgan fingerprint density at radius 2 is 1.78 bits per heavy atom. The Balaban J connectivity index is 1.24. The molecule has 190 valence electrons. The van der Waals surface area contributed by atoms with E-state index < -0.39 is 44.7 Å². The number of nitrogens with zero attached hydrogens (tertiary/aromatic N) is 1. The zero-order valence-electron chi connectivity index (χ0n) is 19.3. The summed E-state index contributed by atoms with van der Waals surface area (Å²) in [5, 5.41) is 2.17. The van der Waals surface area contributed by atoms with E-state index >= 15 is 0 Å². The van der Waals surface area contributed by atoms with Gasteiger partial charge in [-0.2, -0.15) is 0 Å². The molecule has 0 radical (unpaired) electrons. The number of benzene rings is 2. The number of carbonyl (C=O) groups excluding carboxylic acids is 2. The van der Waals surface area contributed by atoms with Gasteiger partial charge in [0.05, 0.1) is 21.2 Å². The fourth-order valence-corrected chi connectivity index (χ4v) is 7.26. The Kier molecular flexibility index (Phi) is 5.64. The van der Waals surface area contributed by atoms with Gasteiger partial charge in [0.15, 0.2) is 9.84 Å². The third-order valence-electron chi connectivity index (χ3n) is 7.78. The van der Waals surface area contributed by atoms with Crippen LogP contribution in [0.3, 0.4) is 0 Å². The first kappa shape index (κ1) is 23.9. The third-order valence-corrected chi connectivity index (χ3v) is 10.3. The molecule has 1 heterocycles. The van der Waals surface area contributed by atoms with Crippen molar-refractivity contribution in [1.29, 1.82) is 0 Å². The zero-order chi connectivity index (χ0) is 25.4. The number of amides is 2. The summed E-state index contributed by atoms with van der Waals surface area (Å²) >= 11 is 5.70. The number of hydrogen-bond donors (Lipinski definition) is 1. The number of fused-ring (bicyclic) bond motifs is 1. The van der Waals surface area contributed by atoms with Gasteiger partial charge in [-0.1, -0.05) is 17.7 Å². The van der Waals surface area contributed by atoms with Crippen LogP contribution in [0, 0.1) is 23.5 Å². The van der Waals surface area contributed by atoms with Crippen molar-refractivity contribution in [2.24, 2.45) is 11.8 Å². The monoisotopic (exact) mass is 534 g/mol. The molecule has 1 aliphatic heterocycles. The Labute approximate surface area is 212 Å². The van der Waals surface area contributed by atoms with Crippen LogP contribution >= 0.6 is 11.6 Å². The molecule has 10 heteroatoms. The van der Waals surface area contributed by atoms with Crippen molar-refractivity contribution < 1.29 is 26.8 Å². The first-order valence-electron chi connectivity index (χ1n) is 12.3. The lowest BCUT2D eigenvalue weighted by atomic mass is 10.00. The van der Waals surface area contributed by atoms with Crippen LogP contribution < -0.4 is 5.32 Å². The largest absolute Gasteiger partial charge is 0.347 e. The van der Waals surface area contributed by atoms with Crippen molar-refractivity contribution in [2.45, 2.75) is 66.8 Å². The minimum Gasteiger partial charge on any atom is -0.347 e. The molecular formula is C26H25ClF2N2O4S. The van der Waals surface area contributed by atoms with Crippen LogP contribution in [0.5, 0.6) is 0 Å². The van der Waals surface area contributed by atoms with E-state index in [4.69, 9.17) is 11.6 Å². The normalized spacial score (nSPS) is 25.9. The van der Waals surface area contributed by atoms with E-state index in [1.165, 1.54) is 12.1 Å². The lowest BCUT2D eigenvalue weighted by Crippen LogP contribution is -2.49. The molecule has 3 aliphatic carbocycles. The van der Waals surface area contributed by atoms with E-state index in [0.29, 0.717) is 19.3 Å². The average molecular weight is 535 g/mol. The number of rotatable bonds is 7.